The normalized spacial score (nSPS) is 21.2. The number of likely N-dealkylation sites (N-methyl/N-ethyl adjacent to an activating group) is 1. The predicted molar refractivity (Wildman–Crippen MR) is 85.6 cm³/mol. The summed E-state index contributed by atoms with van der Waals surface area (Å²) >= 11 is 0. The van der Waals surface area contributed by atoms with Gasteiger partial charge in [0, 0.05) is 13.6 Å². The summed E-state index contributed by atoms with van der Waals surface area (Å²) in [6.45, 7) is 10.1. The minimum Gasteiger partial charge on any atom is -0.270 e. The first-order valence-corrected chi connectivity index (χ1v) is 7.83. The molecule has 0 radical (unpaired) electrons. The highest BCUT2D eigenvalue weighted by Crippen LogP contribution is 2.31. The molecule has 0 bridgehead atoms. The zero-order chi connectivity index (χ0) is 16.9. The van der Waals surface area contributed by atoms with E-state index < -0.39 is 6.04 Å². The van der Waals surface area contributed by atoms with Crippen molar-refractivity contribution in [1.29, 1.82) is 0 Å². The van der Waals surface area contributed by atoms with Crippen LogP contribution >= 0.6 is 0 Å². The fourth-order valence-electron chi connectivity index (χ4n) is 3.23. The number of amidine groups is 1. The molecule has 122 valence electrons. The van der Waals surface area contributed by atoms with Crippen molar-refractivity contribution in [3.63, 3.8) is 0 Å². The van der Waals surface area contributed by atoms with Crippen molar-refractivity contribution < 1.29 is 14.2 Å². The summed E-state index contributed by atoms with van der Waals surface area (Å²) in [4.78, 5) is 32.5. The van der Waals surface area contributed by atoms with Crippen molar-refractivity contribution in [2.24, 2.45) is 4.99 Å². The molecule has 3 rings (SSSR count). The number of amides is 3. The van der Waals surface area contributed by atoms with Crippen LogP contribution in [-0.4, -0.2) is 45.7 Å². The number of hydrogen-bond acceptors (Lipinski definition) is 3. The van der Waals surface area contributed by atoms with Gasteiger partial charge in [-0.05, 0) is 20.3 Å². The van der Waals surface area contributed by atoms with E-state index >= 15 is 0 Å². The number of carbonyl (C=O) groups excluding carboxylic acids is 2. The second kappa shape index (κ2) is 5.33. The molecule has 1 saturated heterocycles. The van der Waals surface area contributed by atoms with Crippen LogP contribution in [0.5, 0.6) is 0 Å². The molecule has 2 unspecified atom stereocenters. The van der Waals surface area contributed by atoms with Crippen LogP contribution in [0.15, 0.2) is 23.8 Å². The fourth-order valence-corrected chi connectivity index (χ4v) is 3.23. The largest absolute Gasteiger partial charge is 0.402 e. The van der Waals surface area contributed by atoms with Gasteiger partial charge in [-0.2, -0.15) is 0 Å². The van der Waals surface area contributed by atoms with Crippen molar-refractivity contribution in [1.82, 2.24) is 14.4 Å². The maximum absolute atomic E-state index is 12.8. The molecule has 0 spiro atoms. The van der Waals surface area contributed by atoms with Crippen LogP contribution in [0.4, 0.5) is 10.7 Å². The Bertz CT molecular complexity index is 733. The lowest BCUT2D eigenvalue weighted by atomic mass is 10.1. The van der Waals surface area contributed by atoms with Gasteiger partial charge in [0.25, 0.3) is 5.91 Å². The van der Waals surface area contributed by atoms with Gasteiger partial charge in [-0.3, -0.25) is 14.6 Å². The average Bonchev–Trinajstić information content (AvgIpc) is 3.03. The van der Waals surface area contributed by atoms with Crippen LogP contribution in [-0.2, 0) is 4.79 Å². The van der Waals surface area contributed by atoms with Gasteiger partial charge in [-0.1, -0.05) is 18.0 Å². The number of imidazole rings is 1. The van der Waals surface area contributed by atoms with Crippen LogP contribution < -0.4 is 4.57 Å². The van der Waals surface area contributed by atoms with Crippen molar-refractivity contribution in [2.75, 3.05) is 13.6 Å². The summed E-state index contributed by atoms with van der Waals surface area (Å²) in [6.07, 6.45) is 4.46. The lowest BCUT2D eigenvalue weighted by Crippen LogP contribution is -2.62. The molecule has 0 N–H and O–H groups in total. The van der Waals surface area contributed by atoms with Crippen molar-refractivity contribution in [3.8, 4) is 0 Å². The number of aromatic nitrogens is 2. The van der Waals surface area contributed by atoms with E-state index in [-0.39, 0.29) is 24.5 Å². The number of imide groups is 1. The van der Waals surface area contributed by atoms with E-state index in [1.54, 1.807) is 13.1 Å². The van der Waals surface area contributed by atoms with Crippen molar-refractivity contribution in [3.05, 3.63) is 24.5 Å². The quantitative estimate of drug-likeness (QED) is 0.627. The molecule has 3 heterocycles. The van der Waals surface area contributed by atoms with Gasteiger partial charge >= 0.3 is 12.0 Å². The topological polar surface area (TPSA) is 61.8 Å². The number of carbonyl (C=O) groups is 2. The van der Waals surface area contributed by atoms with E-state index in [0.717, 1.165) is 18.1 Å². The summed E-state index contributed by atoms with van der Waals surface area (Å²) in [6, 6.07) is -0.657. The van der Waals surface area contributed by atoms with Gasteiger partial charge in [-0.15, -0.1) is 6.58 Å². The minimum atomic E-state index is -0.573. The van der Waals surface area contributed by atoms with E-state index in [4.69, 9.17) is 0 Å². The highest BCUT2D eigenvalue weighted by atomic mass is 16.2. The SMILES string of the molecule is C=CCN1C(=O)C2C(=Nc3n(C(C)CC)c(C)c[n+]32)N(C)C1=O. The molecular weight excluding hydrogens is 294 g/mol. The zero-order valence-electron chi connectivity index (χ0n) is 14.0. The third-order valence-corrected chi connectivity index (χ3v) is 4.59. The molecule has 3 amide bonds. The molecule has 1 aromatic rings. The Kier molecular flexibility index (Phi) is 3.58. The van der Waals surface area contributed by atoms with E-state index in [9.17, 15) is 9.59 Å². The summed E-state index contributed by atoms with van der Waals surface area (Å²) < 4.78 is 3.99. The Morgan fingerprint density at radius 1 is 1.48 bits per heavy atom. The molecule has 1 fully saturated rings. The zero-order valence-corrected chi connectivity index (χ0v) is 14.0. The average molecular weight is 316 g/mol. The first-order chi connectivity index (χ1) is 10.9. The van der Waals surface area contributed by atoms with Crippen LogP contribution in [0.1, 0.15) is 38.0 Å². The predicted octanol–water partition coefficient (Wildman–Crippen LogP) is 1.72. The first kappa shape index (κ1) is 15.5. The van der Waals surface area contributed by atoms with E-state index in [1.165, 1.54) is 9.80 Å². The van der Waals surface area contributed by atoms with Gasteiger partial charge in [0.05, 0.1) is 6.04 Å². The van der Waals surface area contributed by atoms with Gasteiger partial charge in [0.15, 0.2) is 0 Å². The Balaban J connectivity index is 2.12. The lowest BCUT2D eigenvalue weighted by molar-refractivity contribution is -0.677. The molecule has 23 heavy (non-hydrogen) atoms. The number of fused-ring (bicyclic) bond motifs is 3. The molecule has 0 aromatic carbocycles. The number of urea groups is 1. The number of aryl methyl sites for hydroxylation is 1. The smallest absolute Gasteiger partial charge is 0.270 e. The number of aliphatic imine (C=N–C) groups is 1. The Labute approximate surface area is 135 Å². The van der Waals surface area contributed by atoms with Gasteiger partial charge in [0.1, 0.15) is 11.9 Å². The monoisotopic (exact) mass is 316 g/mol. The van der Waals surface area contributed by atoms with Crippen LogP contribution in [0.2, 0.25) is 0 Å². The van der Waals surface area contributed by atoms with Gasteiger partial charge in [0.2, 0.25) is 11.9 Å². The first-order valence-electron chi connectivity index (χ1n) is 7.83. The molecule has 0 saturated carbocycles. The fraction of sp³-hybridized carbons (Fsp3) is 0.500. The molecule has 7 nitrogen and oxygen atoms in total. The van der Waals surface area contributed by atoms with E-state index in [1.807, 2.05) is 17.7 Å². The Morgan fingerprint density at radius 3 is 2.78 bits per heavy atom. The van der Waals surface area contributed by atoms with E-state index in [2.05, 4.69) is 30.0 Å². The number of rotatable bonds is 4. The second-order valence-corrected chi connectivity index (χ2v) is 6.06. The molecule has 7 heteroatoms. The number of nitrogens with zero attached hydrogens (tertiary/aromatic N) is 5. The van der Waals surface area contributed by atoms with Gasteiger partial charge < -0.3 is 0 Å². The summed E-state index contributed by atoms with van der Waals surface area (Å²) in [5, 5.41) is 0. The molecule has 2 aliphatic rings. The van der Waals surface area contributed by atoms with Crippen LogP contribution in [0.25, 0.3) is 0 Å². The number of hydrogen-bond donors (Lipinski definition) is 0. The summed E-state index contributed by atoms with van der Waals surface area (Å²) in [5.74, 6) is 0.967. The maximum atomic E-state index is 12.8. The standard InChI is InChI=1S/C16H22N5O2/c1-6-8-19-14(22)12-13(18(5)16(19)23)17-15-20(12)9-11(4)21(15)10(3)7-2/h6,9-10,12H,1,7-8H2,2-5H3/q+1. The summed E-state index contributed by atoms with van der Waals surface area (Å²) in [5.41, 5.74) is 1.06. The molecule has 0 aliphatic carbocycles. The second-order valence-electron chi connectivity index (χ2n) is 6.06. The Morgan fingerprint density at radius 2 is 2.17 bits per heavy atom. The third kappa shape index (κ3) is 2.03. The highest BCUT2D eigenvalue weighted by Gasteiger charge is 2.53. The Hall–Kier alpha value is -2.44. The maximum Gasteiger partial charge on any atom is 0.402 e. The molecular formula is C16H22N5O2+. The van der Waals surface area contributed by atoms with Gasteiger partial charge in [-0.25, -0.2) is 13.9 Å². The van der Waals surface area contributed by atoms with Crippen LogP contribution in [0.3, 0.4) is 0 Å². The summed E-state index contributed by atoms with van der Waals surface area (Å²) in [7, 11) is 1.66. The molecule has 1 aromatic heterocycles. The van der Waals surface area contributed by atoms with Crippen molar-refractivity contribution in [2.45, 2.75) is 39.3 Å². The minimum absolute atomic E-state index is 0.201. The van der Waals surface area contributed by atoms with E-state index in [0.29, 0.717) is 5.84 Å². The highest BCUT2D eigenvalue weighted by molar-refractivity contribution is 6.19. The molecule has 2 atom stereocenters. The third-order valence-electron chi connectivity index (χ3n) is 4.59. The van der Waals surface area contributed by atoms with Crippen LogP contribution in [0, 0.1) is 6.92 Å². The molecule has 2 aliphatic heterocycles. The lowest BCUT2D eigenvalue weighted by Gasteiger charge is -2.32. The van der Waals surface area contributed by atoms with Crippen molar-refractivity contribution >= 4 is 23.7 Å².